The molecule has 3 heteroatoms. The van der Waals surface area contributed by atoms with E-state index in [4.69, 9.17) is 16.2 Å². The summed E-state index contributed by atoms with van der Waals surface area (Å²) in [5.41, 5.74) is 16.1. The molecule has 0 aromatic heterocycles. The average Bonchev–Trinajstić information content (AvgIpc) is 3.16. The van der Waals surface area contributed by atoms with Crippen LogP contribution in [0.1, 0.15) is 112 Å². The first-order valence-electron chi connectivity index (χ1n) is 15.5. The summed E-state index contributed by atoms with van der Waals surface area (Å²) in [5.74, 6) is 5.20. The lowest BCUT2D eigenvalue weighted by atomic mass is 9.44. The van der Waals surface area contributed by atoms with Crippen LogP contribution >= 0.6 is 0 Å². The van der Waals surface area contributed by atoms with Crippen molar-refractivity contribution < 1.29 is 4.74 Å². The third kappa shape index (κ3) is 4.61. The average molecular weight is 507 g/mol. The molecule has 4 aliphatic carbocycles. The number of anilines is 2. The van der Waals surface area contributed by atoms with Gasteiger partial charge in [-0.1, -0.05) is 72.5 Å². The van der Waals surface area contributed by atoms with E-state index in [0.717, 1.165) is 41.8 Å². The minimum Gasteiger partial charge on any atom is -0.487 e. The van der Waals surface area contributed by atoms with Crippen molar-refractivity contribution in [3.8, 4) is 5.75 Å². The normalized spacial score (nSPS) is 38.5. The van der Waals surface area contributed by atoms with E-state index in [1.165, 1.54) is 64.2 Å². The third-order valence-corrected chi connectivity index (χ3v) is 12.0. The molecule has 1 aromatic carbocycles. The van der Waals surface area contributed by atoms with Gasteiger partial charge in [-0.25, -0.2) is 0 Å². The van der Waals surface area contributed by atoms with Crippen LogP contribution in [0.15, 0.2) is 29.8 Å². The van der Waals surface area contributed by atoms with Crippen molar-refractivity contribution in [2.75, 3.05) is 11.5 Å². The van der Waals surface area contributed by atoms with Gasteiger partial charge >= 0.3 is 0 Å². The van der Waals surface area contributed by atoms with E-state index in [9.17, 15) is 0 Å². The Hall–Kier alpha value is -1.64. The van der Waals surface area contributed by atoms with E-state index in [1.807, 2.05) is 18.2 Å². The number of allylic oxidation sites excluding steroid dienone is 1. The minimum atomic E-state index is 0.00116. The molecule has 206 valence electrons. The first-order valence-corrected chi connectivity index (χ1v) is 15.5. The van der Waals surface area contributed by atoms with Crippen LogP contribution in [0.3, 0.4) is 0 Å². The molecule has 0 amide bonds. The van der Waals surface area contributed by atoms with Crippen molar-refractivity contribution in [2.24, 2.45) is 45.8 Å². The zero-order chi connectivity index (χ0) is 26.6. The molecule has 3 fully saturated rings. The molecule has 1 aromatic rings. The molecule has 0 heterocycles. The van der Waals surface area contributed by atoms with Gasteiger partial charge in [0.15, 0.2) is 0 Å². The molecule has 4 aliphatic rings. The van der Waals surface area contributed by atoms with Crippen molar-refractivity contribution in [3.05, 3.63) is 29.8 Å². The summed E-state index contributed by atoms with van der Waals surface area (Å²) < 4.78 is 6.63. The van der Waals surface area contributed by atoms with Gasteiger partial charge in [-0.05, 0) is 110 Å². The Kier molecular flexibility index (Phi) is 7.16. The lowest BCUT2D eigenvalue weighted by molar-refractivity contribution is -0.0695. The number of hydrogen-bond acceptors (Lipinski definition) is 3. The van der Waals surface area contributed by atoms with Gasteiger partial charge in [0.05, 0.1) is 5.69 Å². The van der Waals surface area contributed by atoms with Gasteiger partial charge in [0.2, 0.25) is 0 Å². The number of ether oxygens (including phenoxy) is 1. The van der Waals surface area contributed by atoms with Crippen molar-refractivity contribution in [1.29, 1.82) is 0 Å². The number of benzene rings is 1. The molecule has 3 saturated carbocycles. The number of nitrogens with two attached hydrogens (primary N) is 2. The van der Waals surface area contributed by atoms with E-state index in [2.05, 4.69) is 47.6 Å². The summed E-state index contributed by atoms with van der Waals surface area (Å²) in [6.45, 7) is 14.9. The van der Waals surface area contributed by atoms with Crippen LogP contribution in [0, 0.1) is 45.8 Å². The summed E-state index contributed by atoms with van der Waals surface area (Å²) in [7, 11) is 0. The van der Waals surface area contributed by atoms with Crippen LogP contribution < -0.4 is 16.2 Å². The lowest BCUT2D eigenvalue weighted by Gasteiger charge is -2.61. The van der Waals surface area contributed by atoms with Gasteiger partial charge in [0, 0.05) is 11.1 Å². The summed E-state index contributed by atoms with van der Waals surface area (Å²) in [6, 6.07) is 5.66. The standard InChI is InChI=1S/C34H54N2O/c1-22(2)9-7-8-10-23-11-14-26-25-13-16-30-32(3,4)31(37-29-15-12-24(35)21-28(29)36)18-20-34(30,6)27(25)17-19-33(23,26)5/h12,15-16,21-23,25-27,31H,7-11,13-14,17-20,35-36H2,1-6H3. The Balaban J connectivity index is 1.32. The predicted octanol–water partition coefficient (Wildman–Crippen LogP) is 9.03. The van der Waals surface area contributed by atoms with E-state index < -0.39 is 0 Å². The molecule has 7 atom stereocenters. The predicted molar refractivity (Wildman–Crippen MR) is 157 cm³/mol. The van der Waals surface area contributed by atoms with Crippen LogP contribution in [0.5, 0.6) is 5.75 Å². The lowest BCUT2D eigenvalue weighted by Crippen LogP contribution is -2.55. The molecule has 37 heavy (non-hydrogen) atoms. The Morgan fingerprint density at radius 2 is 1.73 bits per heavy atom. The Labute approximate surface area is 227 Å². The number of hydrogen-bond donors (Lipinski definition) is 2. The highest BCUT2D eigenvalue weighted by Crippen LogP contribution is 2.68. The molecule has 0 saturated heterocycles. The Bertz CT molecular complexity index is 1010. The molecule has 4 N–H and O–H groups in total. The largest absolute Gasteiger partial charge is 0.487 e. The quantitative estimate of drug-likeness (QED) is 0.220. The fourth-order valence-electron chi connectivity index (χ4n) is 9.94. The Morgan fingerprint density at radius 1 is 0.946 bits per heavy atom. The van der Waals surface area contributed by atoms with E-state index >= 15 is 0 Å². The topological polar surface area (TPSA) is 61.3 Å². The second kappa shape index (κ2) is 9.83. The smallest absolute Gasteiger partial charge is 0.142 e. The Morgan fingerprint density at radius 3 is 2.46 bits per heavy atom. The fraction of sp³-hybridized carbons (Fsp3) is 0.765. The second-order valence-electron chi connectivity index (χ2n) is 14.8. The number of nitrogen functional groups attached to an aromatic ring is 2. The van der Waals surface area contributed by atoms with E-state index in [0.29, 0.717) is 22.2 Å². The summed E-state index contributed by atoms with van der Waals surface area (Å²) in [6.07, 6.45) is 18.0. The number of unbranched alkanes of at least 4 members (excludes halogenated alkanes) is 1. The highest BCUT2D eigenvalue weighted by molar-refractivity contribution is 5.60. The first-order chi connectivity index (χ1) is 17.5. The number of rotatable bonds is 7. The monoisotopic (exact) mass is 506 g/mol. The molecule has 0 bridgehead atoms. The maximum Gasteiger partial charge on any atom is 0.142 e. The van der Waals surface area contributed by atoms with Gasteiger partial charge in [-0.2, -0.15) is 0 Å². The van der Waals surface area contributed by atoms with Crippen LogP contribution in [-0.2, 0) is 0 Å². The molecule has 0 radical (unpaired) electrons. The highest BCUT2D eigenvalue weighted by atomic mass is 16.5. The van der Waals surface area contributed by atoms with Crippen molar-refractivity contribution in [3.63, 3.8) is 0 Å². The van der Waals surface area contributed by atoms with Crippen LogP contribution in [0.4, 0.5) is 11.4 Å². The molecule has 7 unspecified atom stereocenters. The van der Waals surface area contributed by atoms with Gasteiger partial charge in [-0.3, -0.25) is 0 Å². The number of fused-ring (bicyclic) bond motifs is 5. The molecule has 3 nitrogen and oxygen atoms in total. The zero-order valence-electron chi connectivity index (χ0n) is 24.6. The maximum absolute atomic E-state index is 6.63. The first kappa shape index (κ1) is 26.9. The van der Waals surface area contributed by atoms with Crippen LogP contribution in [0.2, 0.25) is 0 Å². The van der Waals surface area contributed by atoms with Gasteiger partial charge in [-0.15, -0.1) is 0 Å². The fourth-order valence-corrected chi connectivity index (χ4v) is 9.94. The van der Waals surface area contributed by atoms with E-state index in [-0.39, 0.29) is 11.5 Å². The molecule has 0 spiro atoms. The highest BCUT2D eigenvalue weighted by Gasteiger charge is 2.61. The van der Waals surface area contributed by atoms with Gasteiger partial charge in [0.25, 0.3) is 0 Å². The van der Waals surface area contributed by atoms with Crippen LogP contribution in [-0.4, -0.2) is 6.10 Å². The molecular weight excluding hydrogens is 452 g/mol. The third-order valence-electron chi connectivity index (χ3n) is 12.0. The zero-order valence-corrected chi connectivity index (χ0v) is 24.6. The summed E-state index contributed by atoms with van der Waals surface area (Å²) in [4.78, 5) is 0. The van der Waals surface area contributed by atoms with Crippen LogP contribution in [0.25, 0.3) is 0 Å². The maximum atomic E-state index is 6.63. The van der Waals surface area contributed by atoms with E-state index in [1.54, 1.807) is 5.57 Å². The molecule has 0 aliphatic heterocycles. The van der Waals surface area contributed by atoms with Crippen molar-refractivity contribution in [1.82, 2.24) is 0 Å². The van der Waals surface area contributed by atoms with Gasteiger partial charge < -0.3 is 16.2 Å². The summed E-state index contributed by atoms with van der Waals surface area (Å²) >= 11 is 0. The second-order valence-corrected chi connectivity index (χ2v) is 14.8. The molecular formula is C34H54N2O. The molecule has 5 rings (SSSR count). The SMILES string of the molecule is CC(C)CCCCC1CCC2C3CC=C4C(C)(C)C(Oc5ccc(N)cc5N)CCC4(C)C3CCC12C. The van der Waals surface area contributed by atoms with Crippen molar-refractivity contribution in [2.45, 2.75) is 118 Å². The van der Waals surface area contributed by atoms with Crippen molar-refractivity contribution >= 4 is 11.4 Å². The summed E-state index contributed by atoms with van der Waals surface area (Å²) in [5, 5.41) is 0. The van der Waals surface area contributed by atoms with Gasteiger partial charge in [0.1, 0.15) is 11.9 Å². The minimum absolute atomic E-state index is 0.00116.